The zero-order chi connectivity index (χ0) is 14.7. The van der Waals surface area contributed by atoms with E-state index >= 15 is 0 Å². The fourth-order valence-corrected chi connectivity index (χ4v) is 1.79. The van der Waals surface area contributed by atoms with E-state index in [1.165, 1.54) is 6.07 Å². The number of halogens is 3. The van der Waals surface area contributed by atoms with Crippen molar-refractivity contribution in [1.82, 2.24) is 4.98 Å². The van der Waals surface area contributed by atoms with Crippen molar-refractivity contribution >= 4 is 33.3 Å². The van der Waals surface area contributed by atoms with Crippen molar-refractivity contribution in [3.63, 3.8) is 0 Å². The largest absolute Gasteiger partial charge is 0.318 e. The number of anilines is 2. The van der Waals surface area contributed by atoms with Gasteiger partial charge in [-0.15, -0.1) is 0 Å². The third-order valence-electron chi connectivity index (χ3n) is 2.39. The van der Waals surface area contributed by atoms with E-state index in [-0.39, 0.29) is 15.9 Å². The smallest absolute Gasteiger partial charge is 0.274 e. The van der Waals surface area contributed by atoms with Gasteiger partial charge in [0.2, 0.25) is 0 Å². The van der Waals surface area contributed by atoms with Gasteiger partial charge in [0, 0.05) is 6.07 Å². The summed E-state index contributed by atoms with van der Waals surface area (Å²) >= 11 is 2.91. The SMILES string of the molecule is NNc1cccc(C(=O)Nc2cc(Br)c(F)cc2F)n1. The van der Waals surface area contributed by atoms with Crippen LogP contribution < -0.4 is 16.6 Å². The summed E-state index contributed by atoms with van der Waals surface area (Å²) < 4.78 is 26.6. The molecule has 1 amide bonds. The Hall–Kier alpha value is -2.06. The molecule has 0 spiro atoms. The summed E-state index contributed by atoms with van der Waals surface area (Å²) in [6.07, 6.45) is 0. The molecule has 1 aromatic heterocycles. The molecule has 0 aliphatic heterocycles. The second-order valence-corrected chi connectivity index (χ2v) is 4.61. The fourth-order valence-electron chi connectivity index (χ4n) is 1.45. The minimum Gasteiger partial charge on any atom is -0.318 e. The summed E-state index contributed by atoms with van der Waals surface area (Å²) in [4.78, 5) is 15.8. The first-order valence-corrected chi connectivity index (χ1v) is 6.20. The highest BCUT2D eigenvalue weighted by atomic mass is 79.9. The predicted octanol–water partition coefficient (Wildman–Crippen LogP) is 2.66. The van der Waals surface area contributed by atoms with Crippen molar-refractivity contribution in [2.75, 3.05) is 10.7 Å². The van der Waals surface area contributed by atoms with Gasteiger partial charge in [0.1, 0.15) is 23.1 Å². The normalized spacial score (nSPS) is 10.2. The number of carbonyl (C=O) groups excluding carboxylic acids is 1. The first kappa shape index (κ1) is 14.4. The van der Waals surface area contributed by atoms with Crippen LogP contribution in [0.1, 0.15) is 10.5 Å². The summed E-state index contributed by atoms with van der Waals surface area (Å²) in [5.41, 5.74) is 2.18. The molecule has 1 heterocycles. The highest BCUT2D eigenvalue weighted by Gasteiger charge is 2.13. The Morgan fingerprint density at radius 2 is 2.00 bits per heavy atom. The number of hydrogen-bond donors (Lipinski definition) is 3. The molecule has 0 radical (unpaired) electrons. The molecule has 0 aliphatic rings. The standard InChI is InChI=1S/C12H9BrF2N4O/c13-6-4-10(8(15)5-7(6)14)18-12(20)9-2-1-3-11(17-9)19-16/h1-5H,16H2,(H,17,19)(H,18,20). The van der Waals surface area contributed by atoms with Gasteiger partial charge in [-0.3, -0.25) is 4.79 Å². The Kier molecular flexibility index (Phi) is 4.26. The van der Waals surface area contributed by atoms with Crippen LogP contribution >= 0.6 is 15.9 Å². The van der Waals surface area contributed by atoms with Gasteiger partial charge in [0.05, 0.1) is 10.2 Å². The van der Waals surface area contributed by atoms with E-state index in [4.69, 9.17) is 5.84 Å². The van der Waals surface area contributed by atoms with Gasteiger partial charge in [0.25, 0.3) is 5.91 Å². The van der Waals surface area contributed by atoms with E-state index < -0.39 is 17.5 Å². The zero-order valence-corrected chi connectivity index (χ0v) is 11.5. The average molecular weight is 343 g/mol. The number of nitrogens with one attached hydrogen (secondary N) is 2. The van der Waals surface area contributed by atoms with Gasteiger partial charge >= 0.3 is 0 Å². The summed E-state index contributed by atoms with van der Waals surface area (Å²) in [5, 5.41) is 2.30. The van der Waals surface area contributed by atoms with E-state index in [2.05, 4.69) is 31.7 Å². The number of nitrogen functional groups attached to an aromatic ring is 1. The maximum atomic E-state index is 13.5. The maximum Gasteiger partial charge on any atom is 0.274 e. The third-order valence-corrected chi connectivity index (χ3v) is 3.00. The van der Waals surface area contributed by atoms with Crippen LogP contribution in [0, 0.1) is 11.6 Å². The lowest BCUT2D eigenvalue weighted by Gasteiger charge is -2.08. The molecule has 0 bridgehead atoms. The van der Waals surface area contributed by atoms with Crippen LogP contribution in [0.25, 0.3) is 0 Å². The molecule has 0 atom stereocenters. The Morgan fingerprint density at radius 3 is 2.70 bits per heavy atom. The lowest BCUT2D eigenvalue weighted by atomic mass is 10.2. The van der Waals surface area contributed by atoms with Crippen molar-refractivity contribution in [3.8, 4) is 0 Å². The molecular weight excluding hydrogens is 334 g/mol. The first-order valence-electron chi connectivity index (χ1n) is 5.41. The Balaban J connectivity index is 2.25. The van der Waals surface area contributed by atoms with Gasteiger partial charge in [-0.1, -0.05) is 6.07 Å². The molecule has 2 aromatic rings. The van der Waals surface area contributed by atoms with Crippen LogP contribution in [-0.4, -0.2) is 10.9 Å². The third kappa shape index (κ3) is 3.09. The van der Waals surface area contributed by atoms with Crippen LogP contribution in [0.4, 0.5) is 20.3 Å². The topological polar surface area (TPSA) is 80.0 Å². The van der Waals surface area contributed by atoms with Crippen molar-refractivity contribution in [2.45, 2.75) is 0 Å². The van der Waals surface area contributed by atoms with Crippen molar-refractivity contribution in [1.29, 1.82) is 0 Å². The number of benzene rings is 1. The monoisotopic (exact) mass is 342 g/mol. The van der Waals surface area contributed by atoms with Crippen LogP contribution in [0.5, 0.6) is 0 Å². The number of hydrazine groups is 1. The van der Waals surface area contributed by atoms with E-state index in [1.807, 2.05) is 0 Å². The minimum absolute atomic E-state index is 0.0412. The van der Waals surface area contributed by atoms with Gasteiger partial charge in [-0.25, -0.2) is 19.6 Å². The van der Waals surface area contributed by atoms with Crippen molar-refractivity contribution < 1.29 is 13.6 Å². The van der Waals surface area contributed by atoms with Crippen LogP contribution in [0.3, 0.4) is 0 Å². The molecular formula is C12H9BrF2N4O. The number of aromatic nitrogens is 1. The average Bonchev–Trinajstić information content (AvgIpc) is 2.44. The van der Waals surface area contributed by atoms with Gasteiger partial charge < -0.3 is 10.7 Å². The molecule has 5 nitrogen and oxygen atoms in total. The van der Waals surface area contributed by atoms with Crippen LogP contribution in [-0.2, 0) is 0 Å². The molecule has 8 heteroatoms. The van der Waals surface area contributed by atoms with Crippen LogP contribution in [0.2, 0.25) is 0 Å². The van der Waals surface area contributed by atoms with E-state index in [0.717, 1.165) is 6.07 Å². The summed E-state index contributed by atoms with van der Waals surface area (Å²) in [6.45, 7) is 0. The Morgan fingerprint density at radius 1 is 1.25 bits per heavy atom. The van der Waals surface area contributed by atoms with Crippen LogP contribution in [0.15, 0.2) is 34.8 Å². The lowest BCUT2D eigenvalue weighted by molar-refractivity contribution is 0.102. The van der Waals surface area contributed by atoms with Crippen molar-refractivity contribution in [3.05, 3.63) is 52.1 Å². The molecule has 2 rings (SSSR count). The molecule has 20 heavy (non-hydrogen) atoms. The van der Waals surface area contributed by atoms with E-state index in [1.54, 1.807) is 12.1 Å². The molecule has 0 saturated heterocycles. The number of hydrogen-bond acceptors (Lipinski definition) is 4. The molecule has 0 unspecified atom stereocenters. The fraction of sp³-hybridized carbons (Fsp3) is 0. The zero-order valence-electron chi connectivity index (χ0n) is 9.95. The minimum atomic E-state index is -0.882. The molecule has 1 aromatic carbocycles. The number of carbonyl (C=O) groups is 1. The number of pyridine rings is 1. The lowest BCUT2D eigenvalue weighted by Crippen LogP contribution is -2.16. The predicted molar refractivity (Wildman–Crippen MR) is 74.1 cm³/mol. The first-order chi connectivity index (χ1) is 9.51. The molecule has 0 saturated carbocycles. The molecule has 104 valence electrons. The molecule has 4 N–H and O–H groups in total. The molecule has 0 aliphatic carbocycles. The maximum absolute atomic E-state index is 13.5. The Labute approximate surface area is 121 Å². The molecule has 0 fully saturated rings. The second-order valence-electron chi connectivity index (χ2n) is 3.75. The Bertz CT molecular complexity index is 666. The van der Waals surface area contributed by atoms with Gasteiger partial charge in [-0.05, 0) is 34.1 Å². The quantitative estimate of drug-likeness (QED) is 0.455. The summed E-state index contributed by atoms with van der Waals surface area (Å²) in [6, 6.07) is 6.37. The highest BCUT2D eigenvalue weighted by Crippen LogP contribution is 2.24. The number of rotatable bonds is 3. The van der Waals surface area contributed by atoms with Crippen molar-refractivity contribution in [2.24, 2.45) is 5.84 Å². The highest BCUT2D eigenvalue weighted by molar-refractivity contribution is 9.10. The summed E-state index contributed by atoms with van der Waals surface area (Å²) in [7, 11) is 0. The van der Waals surface area contributed by atoms with E-state index in [0.29, 0.717) is 11.9 Å². The second kappa shape index (κ2) is 5.93. The number of nitrogens with zero attached hydrogens (tertiary/aromatic N) is 1. The van der Waals surface area contributed by atoms with Gasteiger partial charge in [0.15, 0.2) is 0 Å². The van der Waals surface area contributed by atoms with Gasteiger partial charge in [-0.2, -0.15) is 0 Å². The number of nitrogens with two attached hydrogens (primary N) is 1. The van der Waals surface area contributed by atoms with E-state index in [9.17, 15) is 13.6 Å². The number of amides is 1. The summed E-state index contributed by atoms with van der Waals surface area (Å²) in [5.74, 6) is 3.19.